The number of hydrogen-bond donors (Lipinski definition) is 3. The van der Waals surface area contributed by atoms with Gasteiger partial charge < -0.3 is 24.6 Å². The van der Waals surface area contributed by atoms with Crippen molar-refractivity contribution in [2.45, 2.75) is 103 Å². The lowest BCUT2D eigenvalue weighted by Crippen LogP contribution is -2.29. The third-order valence-corrected chi connectivity index (χ3v) is 5.71. The molecule has 196 valence electrons. The predicted molar refractivity (Wildman–Crippen MR) is 122 cm³/mol. The molecule has 3 N–H and O–H groups in total. The lowest BCUT2D eigenvalue weighted by Gasteiger charge is -2.20. The number of carbonyl (C=O) groups is 2. The second-order valence-electron chi connectivity index (χ2n) is 8.02. The van der Waals surface area contributed by atoms with Crippen molar-refractivity contribution in [3.8, 4) is 0 Å². The van der Waals surface area contributed by atoms with Gasteiger partial charge in [0.2, 0.25) is 0 Å². The van der Waals surface area contributed by atoms with Gasteiger partial charge in [0.05, 0.1) is 19.8 Å². The van der Waals surface area contributed by atoms with Crippen LogP contribution in [-0.2, 0) is 32.7 Å². The van der Waals surface area contributed by atoms with Crippen LogP contribution in [0, 0.1) is 0 Å². The smallest absolute Gasteiger partial charge is 0.462 e. The van der Waals surface area contributed by atoms with Crippen molar-refractivity contribution in [3.05, 3.63) is 0 Å². The van der Waals surface area contributed by atoms with Gasteiger partial charge in [0.15, 0.2) is 6.10 Å². The summed E-state index contributed by atoms with van der Waals surface area (Å²) in [6, 6.07) is 0. The molecule has 11 heteroatoms. The van der Waals surface area contributed by atoms with Gasteiger partial charge in [-0.3, -0.25) is 18.6 Å². The summed E-state index contributed by atoms with van der Waals surface area (Å²) in [5, 5.41) is 18.0. The van der Waals surface area contributed by atoms with E-state index in [4.69, 9.17) is 19.1 Å². The van der Waals surface area contributed by atoms with Gasteiger partial charge in [0, 0.05) is 12.8 Å². The summed E-state index contributed by atoms with van der Waals surface area (Å²) in [4.78, 5) is 33.6. The monoisotopic (exact) mass is 498 g/mol. The number of ether oxygens (including phenoxy) is 2. The first-order valence-corrected chi connectivity index (χ1v) is 13.5. The molecule has 0 bridgehead atoms. The fourth-order valence-electron chi connectivity index (χ4n) is 2.79. The number of unbranched alkanes of at least 4 members (excludes halogenated alkanes) is 8. The van der Waals surface area contributed by atoms with Crippen LogP contribution in [0.2, 0.25) is 0 Å². The molecule has 0 aliphatic rings. The van der Waals surface area contributed by atoms with Crippen molar-refractivity contribution in [1.29, 1.82) is 0 Å². The number of phosphoric ester groups is 1. The molecule has 33 heavy (non-hydrogen) atoms. The fraction of sp³-hybridized carbons (Fsp3) is 0.909. The highest BCUT2D eigenvalue weighted by Gasteiger charge is 2.27. The first-order chi connectivity index (χ1) is 15.7. The molecule has 0 aromatic rings. The van der Waals surface area contributed by atoms with Crippen molar-refractivity contribution in [1.82, 2.24) is 0 Å². The van der Waals surface area contributed by atoms with Gasteiger partial charge in [-0.2, -0.15) is 0 Å². The zero-order valence-electron chi connectivity index (χ0n) is 20.1. The molecule has 0 aromatic heterocycles. The first kappa shape index (κ1) is 32.0. The third kappa shape index (κ3) is 20.1. The lowest BCUT2D eigenvalue weighted by atomic mass is 10.1. The minimum Gasteiger partial charge on any atom is -0.462 e. The van der Waals surface area contributed by atoms with Crippen molar-refractivity contribution in [2.24, 2.45) is 0 Å². The van der Waals surface area contributed by atoms with Gasteiger partial charge in [-0.1, -0.05) is 65.2 Å². The van der Waals surface area contributed by atoms with Gasteiger partial charge in [-0.25, -0.2) is 4.57 Å². The highest BCUT2D eigenvalue weighted by Crippen LogP contribution is 2.43. The van der Waals surface area contributed by atoms with Gasteiger partial charge >= 0.3 is 19.8 Å². The van der Waals surface area contributed by atoms with Gasteiger partial charge in [0.25, 0.3) is 0 Å². The Balaban J connectivity index is 4.49. The third-order valence-electron chi connectivity index (χ3n) is 4.76. The SMILES string of the molecule is CCCCCCCCCCC(=O)OC(COC(=O)CCCC)COP(=O)(O)OCC(O)CO. The van der Waals surface area contributed by atoms with E-state index in [1.165, 1.54) is 25.7 Å². The van der Waals surface area contributed by atoms with E-state index in [1.54, 1.807) is 0 Å². The Labute approximate surface area is 197 Å². The molecular formula is C22H43O10P. The van der Waals surface area contributed by atoms with E-state index in [0.29, 0.717) is 12.8 Å². The number of phosphoric acid groups is 1. The summed E-state index contributed by atoms with van der Waals surface area (Å²) in [5.74, 6) is -0.973. The van der Waals surface area contributed by atoms with E-state index >= 15 is 0 Å². The van der Waals surface area contributed by atoms with Gasteiger partial charge in [-0.15, -0.1) is 0 Å². The van der Waals surface area contributed by atoms with Crippen LogP contribution in [-0.4, -0.2) is 65.7 Å². The normalized spacial score (nSPS) is 14.9. The molecule has 0 rings (SSSR count). The summed E-state index contributed by atoms with van der Waals surface area (Å²) < 4.78 is 31.7. The number of esters is 2. The van der Waals surface area contributed by atoms with E-state index < -0.39 is 51.8 Å². The number of aliphatic hydroxyl groups is 2. The fourth-order valence-corrected chi connectivity index (χ4v) is 3.58. The Morgan fingerprint density at radius 1 is 0.788 bits per heavy atom. The van der Waals surface area contributed by atoms with E-state index in [2.05, 4.69) is 11.4 Å². The largest absolute Gasteiger partial charge is 0.472 e. The summed E-state index contributed by atoms with van der Waals surface area (Å²) in [6.07, 6.45) is 8.08. The summed E-state index contributed by atoms with van der Waals surface area (Å²) in [7, 11) is -4.57. The van der Waals surface area contributed by atoms with Crippen LogP contribution in [0.25, 0.3) is 0 Å². The minimum atomic E-state index is -4.57. The second kappa shape index (κ2) is 20.4. The molecule has 0 saturated heterocycles. The zero-order chi connectivity index (χ0) is 25.0. The average Bonchev–Trinajstić information content (AvgIpc) is 2.79. The average molecular weight is 499 g/mol. The quantitative estimate of drug-likeness (QED) is 0.115. The maximum absolute atomic E-state index is 12.2. The molecule has 0 aliphatic carbocycles. The van der Waals surface area contributed by atoms with E-state index in [0.717, 1.165) is 25.7 Å². The van der Waals surface area contributed by atoms with Crippen LogP contribution < -0.4 is 0 Å². The van der Waals surface area contributed by atoms with Crippen LogP contribution in [0.4, 0.5) is 0 Å². The molecule has 0 fully saturated rings. The minimum absolute atomic E-state index is 0.186. The van der Waals surface area contributed by atoms with Crippen molar-refractivity contribution < 1.29 is 47.8 Å². The van der Waals surface area contributed by atoms with Crippen LogP contribution in [0.15, 0.2) is 0 Å². The number of carbonyl (C=O) groups excluding carboxylic acids is 2. The first-order valence-electron chi connectivity index (χ1n) is 12.0. The Morgan fingerprint density at radius 2 is 1.33 bits per heavy atom. The van der Waals surface area contributed by atoms with Crippen LogP contribution in [0.5, 0.6) is 0 Å². The Hall–Kier alpha value is -1.03. The molecule has 0 heterocycles. The van der Waals surface area contributed by atoms with E-state index in [1.807, 2.05) is 6.92 Å². The highest BCUT2D eigenvalue weighted by molar-refractivity contribution is 7.47. The molecule has 0 saturated carbocycles. The second-order valence-corrected chi connectivity index (χ2v) is 9.47. The maximum Gasteiger partial charge on any atom is 0.472 e. The predicted octanol–water partition coefficient (Wildman–Crippen LogP) is 3.65. The molecule has 0 amide bonds. The molecule has 0 aromatic carbocycles. The van der Waals surface area contributed by atoms with E-state index in [-0.39, 0.29) is 19.4 Å². The highest BCUT2D eigenvalue weighted by atomic mass is 31.2. The molecule has 0 aliphatic heterocycles. The summed E-state index contributed by atoms with van der Waals surface area (Å²) in [5.41, 5.74) is 0. The van der Waals surface area contributed by atoms with Crippen LogP contribution in [0.3, 0.4) is 0 Å². The molecule has 3 atom stereocenters. The molecule has 10 nitrogen and oxygen atoms in total. The number of rotatable bonds is 22. The topological polar surface area (TPSA) is 149 Å². The van der Waals surface area contributed by atoms with Crippen molar-refractivity contribution in [2.75, 3.05) is 26.4 Å². The number of aliphatic hydroxyl groups excluding tert-OH is 2. The van der Waals surface area contributed by atoms with E-state index in [9.17, 15) is 24.2 Å². The Kier molecular flexibility index (Phi) is 19.7. The van der Waals surface area contributed by atoms with Crippen molar-refractivity contribution in [3.63, 3.8) is 0 Å². The molecular weight excluding hydrogens is 455 g/mol. The van der Waals surface area contributed by atoms with Crippen molar-refractivity contribution >= 4 is 19.8 Å². The zero-order valence-corrected chi connectivity index (χ0v) is 21.0. The molecule has 0 radical (unpaired) electrons. The Morgan fingerprint density at radius 3 is 1.94 bits per heavy atom. The Bertz CT molecular complexity index is 557. The van der Waals surface area contributed by atoms with Crippen LogP contribution >= 0.6 is 7.82 Å². The molecule has 0 spiro atoms. The maximum atomic E-state index is 12.2. The van der Waals surface area contributed by atoms with Crippen LogP contribution in [0.1, 0.15) is 90.9 Å². The summed E-state index contributed by atoms with van der Waals surface area (Å²) in [6.45, 7) is 2.00. The van der Waals surface area contributed by atoms with Gasteiger partial charge in [0.1, 0.15) is 12.7 Å². The lowest BCUT2D eigenvalue weighted by molar-refractivity contribution is -0.161. The summed E-state index contributed by atoms with van der Waals surface area (Å²) >= 11 is 0. The molecule has 3 unspecified atom stereocenters. The number of hydrogen-bond acceptors (Lipinski definition) is 9. The standard InChI is InChI=1S/C22H43O10P/c1-3-5-7-8-9-10-11-12-14-22(26)32-20(17-29-21(25)13-6-4-2)18-31-33(27,28)30-16-19(24)15-23/h19-20,23-24H,3-18H2,1-2H3,(H,27,28). The van der Waals surface area contributed by atoms with Gasteiger partial charge in [-0.05, 0) is 12.8 Å².